The lowest BCUT2D eigenvalue weighted by Gasteiger charge is -2.26. The molecule has 0 fully saturated rings. The minimum absolute atomic E-state index is 0.101. The minimum Gasteiger partial charge on any atom is -0.455 e. The van der Waals surface area contributed by atoms with Crippen LogP contribution in [0.5, 0.6) is 0 Å². The second-order valence-electron chi connectivity index (χ2n) is 14.7. The molecule has 0 N–H and O–H groups in total. The molecule has 0 amide bonds. The van der Waals surface area contributed by atoms with Crippen LogP contribution in [0.3, 0.4) is 0 Å². The first-order chi connectivity index (χ1) is 28.2. The van der Waals surface area contributed by atoms with E-state index in [1.165, 1.54) is 36.9 Å². The Morgan fingerprint density at radius 3 is 1.96 bits per heavy atom. The van der Waals surface area contributed by atoms with E-state index < -0.39 is 0 Å². The Morgan fingerprint density at radius 2 is 1.12 bits per heavy atom. The Kier molecular flexibility index (Phi) is 8.00. The Bertz CT molecular complexity index is 3210. The fraction of sp³-hybridized carbons (Fsp3) is 0.0577. The Hall–Kier alpha value is -6.95. The van der Waals surface area contributed by atoms with E-state index in [0.29, 0.717) is 17.5 Å². The number of fused-ring (bicyclic) bond motifs is 6. The lowest BCUT2D eigenvalue weighted by atomic mass is 9.79. The molecule has 2 atom stereocenters. The van der Waals surface area contributed by atoms with Gasteiger partial charge in [0.2, 0.25) is 0 Å². The highest BCUT2D eigenvalue weighted by Crippen LogP contribution is 2.44. The van der Waals surface area contributed by atoms with Crippen LogP contribution < -0.4 is 0 Å². The smallest absolute Gasteiger partial charge is 0.164 e. The van der Waals surface area contributed by atoms with Gasteiger partial charge in [-0.3, -0.25) is 0 Å². The molecule has 2 unspecified atom stereocenters. The van der Waals surface area contributed by atoms with Crippen molar-refractivity contribution in [2.24, 2.45) is 5.92 Å². The third-order valence-corrected chi connectivity index (χ3v) is 12.5. The summed E-state index contributed by atoms with van der Waals surface area (Å²) >= 11 is 1.87. The molecule has 0 aliphatic heterocycles. The van der Waals surface area contributed by atoms with Gasteiger partial charge in [0.15, 0.2) is 17.5 Å². The van der Waals surface area contributed by atoms with Gasteiger partial charge in [-0.1, -0.05) is 177 Å². The van der Waals surface area contributed by atoms with Crippen LogP contribution in [0, 0.1) is 5.92 Å². The van der Waals surface area contributed by atoms with Crippen LogP contribution in [0.15, 0.2) is 186 Å². The average molecular weight is 750 g/mol. The van der Waals surface area contributed by atoms with Crippen molar-refractivity contribution in [3.63, 3.8) is 0 Å². The number of hydrogen-bond acceptors (Lipinski definition) is 5. The molecule has 0 spiro atoms. The van der Waals surface area contributed by atoms with Crippen molar-refractivity contribution >= 4 is 59.0 Å². The molecule has 10 aromatic rings. The standard InChI is InChI=1S/C52H35N3OS/c1-32-29-30-35(37-23-13-24-40-39-20-10-11-28-46(39)57-49(37)40)31-44(32)38-19-8-9-21-41(38)51-53-50(34-17-6-3-7-18-34)54-52(55-51)43-26-14-27-45-47(43)42-25-12-22-36(48(42)56-45)33-15-4-2-5-16-33/h2-32,44H,1H3. The molecule has 0 bridgehead atoms. The maximum absolute atomic E-state index is 6.65. The molecule has 4 nitrogen and oxygen atoms in total. The molecule has 0 radical (unpaired) electrons. The number of nitrogens with zero attached hydrogens (tertiary/aromatic N) is 3. The Morgan fingerprint density at radius 1 is 0.509 bits per heavy atom. The summed E-state index contributed by atoms with van der Waals surface area (Å²) < 4.78 is 9.28. The molecule has 0 saturated heterocycles. The van der Waals surface area contributed by atoms with Crippen molar-refractivity contribution in [2.75, 3.05) is 0 Å². The molecule has 11 rings (SSSR count). The van der Waals surface area contributed by atoms with Gasteiger partial charge in [-0.05, 0) is 40.3 Å². The molecule has 0 saturated carbocycles. The predicted octanol–water partition coefficient (Wildman–Crippen LogP) is 14.2. The van der Waals surface area contributed by atoms with Gasteiger partial charge >= 0.3 is 0 Å². The summed E-state index contributed by atoms with van der Waals surface area (Å²) in [6.07, 6.45) is 7.10. The first kappa shape index (κ1) is 33.4. The Labute approximate surface area is 334 Å². The average Bonchev–Trinajstić information content (AvgIpc) is 3.86. The van der Waals surface area contributed by atoms with Crippen LogP contribution in [0.4, 0.5) is 0 Å². The predicted molar refractivity (Wildman–Crippen MR) is 237 cm³/mol. The first-order valence-electron chi connectivity index (χ1n) is 19.4. The van der Waals surface area contributed by atoms with Gasteiger partial charge in [-0.25, -0.2) is 15.0 Å². The number of furan rings is 1. The van der Waals surface area contributed by atoms with Crippen molar-refractivity contribution in [1.82, 2.24) is 15.0 Å². The maximum Gasteiger partial charge on any atom is 0.164 e. The lowest BCUT2D eigenvalue weighted by Crippen LogP contribution is -2.11. The largest absolute Gasteiger partial charge is 0.455 e. The van der Waals surface area contributed by atoms with E-state index in [1.54, 1.807) is 0 Å². The molecular formula is C52H35N3OS. The van der Waals surface area contributed by atoms with Gasteiger partial charge in [0.1, 0.15) is 11.2 Å². The topological polar surface area (TPSA) is 51.8 Å². The first-order valence-corrected chi connectivity index (χ1v) is 20.2. The molecule has 57 heavy (non-hydrogen) atoms. The van der Waals surface area contributed by atoms with Crippen LogP contribution in [0.2, 0.25) is 0 Å². The van der Waals surface area contributed by atoms with Gasteiger partial charge in [-0.15, -0.1) is 11.3 Å². The van der Waals surface area contributed by atoms with Gasteiger partial charge in [0.05, 0.1) is 0 Å². The summed E-state index contributed by atoms with van der Waals surface area (Å²) in [7, 11) is 0. The maximum atomic E-state index is 6.65. The third kappa shape index (κ3) is 5.70. The zero-order valence-corrected chi connectivity index (χ0v) is 31.9. The van der Waals surface area contributed by atoms with Crippen molar-refractivity contribution in [2.45, 2.75) is 12.8 Å². The minimum atomic E-state index is 0.101. The van der Waals surface area contributed by atoms with E-state index in [1.807, 2.05) is 47.7 Å². The molecule has 1 aliphatic carbocycles. The fourth-order valence-corrected chi connectivity index (χ4v) is 9.74. The highest BCUT2D eigenvalue weighted by Gasteiger charge is 2.26. The van der Waals surface area contributed by atoms with Crippen molar-refractivity contribution in [3.8, 4) is 45.3 Å². The monoisotopic (exact) mass is 749 g/mol. The van der Waals surface area contributed by atoms with Crippen molar-refractivity contribution < 1.29 is 4.42 Å². The molecule has 3 heterocycles. The summed E-state index contributed by atoms with van der Waals surface area (Å²) in [5.41, 5.74) is 10.3. The lowest BCUT2D eigenvalue weighted by molar-refractivity contribution is 0.638. The number of thiophene rings is 1. The van der Waals surface area contributed by atoms with E-state index in [-0.39, 0.29) is 11.8 Å². The second-order valence-corrected chi connectivity index (χ2v) is 15.8. The molecule has 5 heteroatoms. The number of para-hydroxylation sites is 1. The van der Waals surface area contributed by atoms with Crippen LogP contribution >= 0.6 is 11.3 Å². The molecular weight excluding hydrogens is 715 g/mol. The van der Waals surface area contributed by atoms with Crippen LogP contribution in [-0.2, 0) is 0 Å². The van der Waals surface area contributed by atoms with E-state index in [4.69, 9.17) is 19.4 Å². The van der Waals surface area contributed by atoms with Crippen molar-refractivity contribution in [1.29, 1.82) is 0 Å². The highest BCUT2D eigenvalue weighted by molar-refractivity contribution is 7.26. The van der Waals surface area contributed by atoms with Crippen LogP contribution in [0.1, 0.15) is 24.0 Å². The number of hydrogen-bond donors (Lipinski definition) is 0. The van der Waals surface area contributed by atoms with Gasteiger partial charge in [0.25, 0.3) is 0 Å². The highest BCUT2D eigenvalue weighted by atomic mass is 32.1. The van der Waals surface area contributed by atoms with E-state index in [2.05, 4.69) is 153 Å². The van der Waals surface area contributed by atoms with Crippen LogP contribution in [-0.4, -0.2) is 15.0 Å². The number of rotatable bonds is 6. The number of allylic oxidation sites excluding steroid dienone is 4. The van der Waals surface area contributed by atoms with Gasteiger partial charge in [-0.2, -0.15) is 0 Å². The summed E-state index contributed by atoms with van der Waals surface area (Å²) in [5, 5.41) is 4.63. The van der Waals surface area contributed by atoms with Crippen LogP contribution in [0.25, 0.3) is 93.0 Å². The Balaban J connectivity index is 1.08. The zero-order valence-electron chi connectivity index (χ0n) is 31.1. The quantitative estimate of drug-likeness (QED) is 0.170. The molecule has 270 valence electrons. The molecule has 7 aromatic carbocycles. The van der Waals surface area contributed by atoms with E-state index in [0.717, 1.165) is 49.8 Å². The third-order valence-electron chi connectivity index (χ3n) is 11.3. The summed E-state index contributed by atoms with van der Waals surface area (Å²) in [5.74, 6) is 2.24. The normalized spacial score (nSPS) is 15.5. The summed E-state index contributed by atoms with van der Waals surface area (Å²) in [6.45, 7) is 2.30. The second kappa shape index (κ2) is 13.7. The molecule has 1 aliphatic rings. The summed E-state index contributed by atoms with van der Waals surface area (Å²) in [4.78, 5) is 15.7. The van der Waals surface area contributed by atoms with E-state index in [9.17, 15) is 0 Å². The number of aromatic nitrogens is 3. The van der Waals surface area contributed by atoms with E-state index >= 15 is 0 Å². The number of benzene rings is 7. The fourth-order valence-electron chi connectivity index (χ4n) is 8.51. The zero-order chi connectivity index (χ0) is 37.9. The van der Waals surface area contributed by atoms with Crippen molar-refractivity contribution in [3.05, 3.63) is 193 Å². The van der Waals surface area contributed by atoms with Gasteiger partial charge in [0, 0.05) is 59.1 Å². The molecule has 3 aromatic heterocycles. The van der Waals surface area contributed by atoms with Gasteiger partial charge < -0.3 is 4.42 Å². The summed E-state index contributed by atoms with van der Waals surface area (Å²) in [6, 6.07) is 57.2. The SMILES string of the molecule is CC1C=CC(c2cccc3c2sc2ccccc23)=CC1c1ccccc1-c1nc(-c2ccccc2)nc(-c2cccc3oc4c(-c5ccccc5)cccc4c23)n1.